The average molecular weight is 518 g/mol. The minimum Gasteiger partial charge on any atom is -0.493 e. The highest BCUT2D eigenvalue weighted by molar-refractivity contribution is 5.94. The zero-order valence-corrected chi connectivity index (χ0v) is 23.0. The van der Waals surface area contributed by atoms with Gasteiger partial charge in [-0.25, -0.2) is 0 Å². The molecule has 4 fully saturated rings. The summed E-state index contributed by atoms with van der Waals surface area (Å²) >= 11 is 0. The van der Waals surface area contributed by atoms with E-state index in [1.807, 2.05) is 37.3 Å². The topological polar surface area (TPSA) is 75.6 Å². The Hall–Kier alpha value is -2.82. The minimum absolute atomic E-state index is 0.0936. The Morgan fingerprint density at radius 2 is 1.66 bits per heavy atom. The molecular weight excluding hydrogens is 474 g/mol. The van der Waals surface area contributed by atoms with Gasteiger partial charge in [0.2, 0.25) is 0 Å². The molecule has 0 heterocycles. The average Bonchev–Trinajstić information content (AvgIpc) is 2.90. The Morgan fingerprint density at radius 3 is 2.24 bits per heavy atom. The van der Waals surface area contributed by atoms with Crippen LogP contribution in [-0.2, 0) is 23.2 Å². The summed E-state index contributed by atoms with van der Waals surface area (Å²) in [5.74, 6) is 2.16. The van der Waals surface area contributed by atoms with E-state index >= 15 is 0 Å². The third kappa shape index (κ3) is 5.77. The molecule has 0 aliphatic heterocycles. The summed E-state index contributed by atoms with van der Waals surface area (Å²) in [5, 5.41) is 12.6. The van der Waals surface area contributed by atoms with Crippen LogP contribution < -0.4 is 10.1 Å². The Morgan fingerprint density at radius 1 is 1.00 bits per heavy atom. The van der Waals surface area contributed by atoms with Gasteiger partial charge in [-0.3, -0.25) is 9.59 Å². The van der Waals surface area contributed by atoms with Crippen molar-refractivity contribution < 1.29 is 19.4 Å². The van der Waals surface area contributed by atoms with Crippen molar-refractivity contribution >= 4 is 11.9 Å². The van der Waals surface area contributed by atoms with Gasteiger partial charge in [-0.2, -0.15) is 0 Å². The molecule has 0 unspecified atom stereocenters. The van der Waals surface area contributed by atoms with E-state index in [4.69, 9.17) is 4.74 Å². The molecule has 0 saturated heterocycles. The summed E-state index contributed by atoms with van der Waals surface area (Å²) in [6, 6.07) is 14.3. The standard InChI is InChI=1S/C33H43NO4/c1-3-5-12-38-30-11-6-22(16-26(4-2)32(36)37)17-28(30)21-34-31(35)27-7-9-29(10-8-27)33-18-23-13-24(19-33)15-25(14-23)20-33/h6-11,17,23-26H,3-5,12-16,18-21H2,1-2H3,(H,34,35)(H,36,37)/t23?,24?,25?,26-,33?/m0/s1. The van der Waals surface area contributed by atoms with Gasteiger partial charge in [0.1, 0.15) is 5.75 Å². The van der Waals surface area contributed by atoms with Gasteiger partial charge < -0.3 is 15.2 Å². The lowest BCUT2D eigenvalue weighted by molar-refractivity contribution is -0.141. The van der Waals surface area contributed by atoms with Gasteiger partial charge in [-0.15, -0.1) is 0 Å². The predicted octanol–water partition coefficient (Wildman–Crippen LogP) is 6.92. The van der Waals surface area contributed by atoms with E-state index in [1.54, 1.807) is 0 Å². The van der Waals surface area contributed by atoms with Gasteiger partial charge in [0.05, 0.1) is 12.5 Å². The van der Waals surface area contributed by atoms with Crippen molar-refractivity contribution in [2.75, 3.05) is 6.61 Å². The molecule has 4 bridgehead atoms. The summed E-state index contributed by atoms with van der Waals surface area (Å²) in [6.45, 7) is 4.99. The van der Waals surface area contributed by atoms with Gasteiger partial charge in [-0.1, -0.05) is 44.5 Å². The predicted molar refractivity (Wildman–Crippen MR) is 149 cm³/mol. The van der Waals surface area contributed by atoms with Crippen LogP contribution in [0.2, 0.25) is 0 Å². The summed E-state index contributed by atoms with van der Waals surface area (Å²) in [6.07, 6.45) is 11.3. The highest BCUT2D eigenvalue weighted by atomic mass is 16.5. The fourth-order valence-electron chi connectivity index (χ4n) is 7.77. The Kier molecular flexibility index (Phi) is 8.11. The second-order valence-corrected chi connectivity index (χ2v) is 12.2. The molecule has 0 aromatic heterocycles. The first-order valence-electron chi connectivity index (χ1n) is 14.7. The molecule has 6 rings (SSSR count). The quantitative estimate of drug-likeness (QED) is 0.300. The molecule has 0 radical (unpaired) electrons. The molecule has 2 aromatic rings. The molecule has 2 N–H and O–H groups in total. The Balaban J connectivity index is 1.26. The van der Waals surface area contributed by atoms with Gasteiger partial charge >= 0.3 is 5.97 Å². The van der Waals surface area contributed by atoms with E-state index < -0.39 is 11.9 Å². The van der Waals surface area contributed by atoms with Crippen molar-refractivity contribution in [3.63, 3.8) is 0 Å². The van der Waals surface area contributed by atoms with Crippen LogP contribution in [0.25, 0.3) is 0 Å². The second-order valence-electron chi connectivity index (χ2n) is 12.2. The van der Waals surface area contributed by atoms with Gasteiger partial charge in [0, 0.05) is 17.7 Å². The number of ether oxygens (including phenoxy) is 1. The number of hydrogen-bond acceptors (Lipinski definition) is 3. The third-order valence-electron chi connectivity index (χ3n) is 9.44. The monoisotopic (exact) mass is 517 g/mol. The van der Waals surface area contributed by atoms with Crippen molar-refractivity contribution in [2.45, 2.75) is 90.0 Å². The first-order valence-corrected chi connectivity index (χ1v) is 14.7. The lowest BCUT2D eigenvalue weighted by atomic mass is 9.48. The molecule has 4 saturated carbocycles. The largest absolute Gasteiger partial charge is 0.493 e. The molecule has 204 valence electrons. The molecule has 1 amide bonds. The number of carbonyl (C=O) groups excluding carboxylic acids is 1. The molecule has 5 heteroatoms. The van der Waals surface area contributed by atoms with E-state index in [0.29, 0.717) is 37.0 Å². The molecule has 0 spiro atoms. The summed E-state index contributed by atoms with van der Waals surface area (Å²) in [4.78, 5) is 24.7. The maximum Gasteiger partial charge on any atom is 0.306 e. The fraction of sp³-hybridized carbons (Fsp3) is 0.576. The molecule has 4 aliphatic carbocycles. The van der Waals surface area contributed by atoms with Crippen LogP contribution in [0.15, 0.2) is 42.5 Å². The van der Waals surface area contributed by atoms with Crippen LogP contribution in [-0.4, -0.2) is 23.6 Å². The Labute approximate surface area is 227 Å². The van der Waals surface area contributed by atoms with E-state index in [9.17, 15) is 14.7 Å². The zero-order chi connectivity index (χ0) is 26.7. The normalized spacial score (nSPS) is 26.2. The lowest BCUT2D eigenvalue weighted by Gasteiger charge is -2.57. The summed E-state index contributed by atoms with van der Waals surface area (Å²) in [5.41, 5.74) is 4.28. The molecular formula is C33H43NO4. The number of carbonyl (C=O) groups is 2. The molecule has 5 nitrogen and oxygen atoms in total. The van der Waals surface area contributed by atoms with Gasteiger partial charge in [0.25, 0.3) is 5.91 Å². The summed E-state index contributed by atoms with van der Waals surface area (Å²) < 4.78 is 6.01. The first kappa shape index (κ1) is 26.8. The number of carboxylic acids is 1. The molecule has 1 atom stereocenters. The lowest BCUT2D eigenvalue weighted by Crippen LogP contribution is -2.48. The maximum absolute atomic E-state index is 13.1. The van der Waals surface area contributed by atoms with Crippen LogP contribution in [0.1, 0.15) is 98.7 Å². The first-order chi connectivity index (χ1) is 18.4. The Bertz CT molecular complexity index is 1100. The van der Waals surface area contributed by atoms with Crippen molar-refractivity contribution in [3.8, 4) is 5.75 Å². The number of aliphatic carboxylic acids is 1. The van der Waals surface area contributed by atoms with E-state index in [2.05, 4.69) is 24.4 Å². The molecule has 38 heavy (non-hydrogen) atoms. The van der Waals surface area contributed by atoms with Gasteiger partial charge in [-0.05, 0) is 110 Å². The van der Waals surface area contributed by atoms with E-state index in [0.717, 1.165) is 47.5 Å². The fourth-order valence-corrected chi connectivity index (χ4v) is 7.77. The number of carboxylic acid groups (broad SMARTS) is 1. The third-order valence-corrected chi connectivity index (χ3v) is 9.44. The van der Waals surface area contributed by atoms with Crippen LogP contribution in [0, 0.1) is 23.7 Å². The summed E-state index contributed by atoms with van der Waals surface area (Å²) in [7, 11) is 0. The number of amides is 1. The minimum atomic E-state index is -0.775. The highest BCUT2D eigenvalue weighted by Crippen LogP contribution is 2.60. The van der Waals surface area contributed by atoms with Gasteiger partial charge in [0.15, 0.2) is 0 Å². The molecule has 4 aliphatic rings. The number of rotatable bonds is 12. The zero-order valence-electron chi connectivity index (χ0n) is 23.0. The smallest absolute Gasteiger partial charge is 0.306 e. The van der Waals surface area contributed by atoms with Crippen molar-refractivity contribution in [1.29, 1.82) is 0 Å². The number of unbranched alkanes of at least 4 members (excludes halogenated alkanes) is 1. The van der Waals surface area contributed by atoms with Crippen LogP contribution in [0.5, 0.6) is 5.75 Å². The van der Waals surface area contributed by atoms with Crippen molar-refractivity contribution in [1.82, 2.24) is 5.32 Å². The highest BCUT2D eigenvalue weighted by Gasteiger charge is 2.51. The SMILES string of the molecule is CCCCOc1ccc(C[C@H](CC)C(=O)O)cc1CNC(=O)c1ccc(C23CC4CC(CC(C4)C2)C3)cc1. The second kappa shape index (κ2) is 11.5. The van der Waals surface area contributed by atoms with E-state index in [1.165, 1.54) is 44.1 Å². The van der Waals surface area contributed by atoms with E-state index in [-0.39, 0.29) is 5.91 Å². The molecule has 2 aromatic carbocycles. The van der Waals surface area contributed by atoms with Crippen LogP contribution in [0.4, 0.5) is 0 Å². The number of nitrogens with one attached hydrogen (secondary N) is 1. The van der Waals surface area contributed by atoms with Crippen molar-refractivity contribution in [2.24, 2.45) is 23.7 Å². The van der Waals surface area contributed by atoms with Crippen molar-refractivity contribution in [3.05, 3.63) is 64.7 Å². The number of hydrogen-bond donors (Lipinski definition) is 2. The van der Waals surface area contributed by atoms with Crippen LogP contribution >= 0.6 is 0 Å². The van der Waals surface area contributed by atoms with Crippen LogP contribution in [0.3, 0.4) is 0 Å². The number of benzene rings is 2. The maximum atomic E-state index is 13.1.